The highest BCUT2D eigenvalue weighted by molar-refractivity contribution is 5.14. The van der Waals surface area contributed by atoms with E-state index in [1.165, 1.54) is 5.56 Å². The fourth-order valence-electron chi connectivity index (χ4n) is 2.57. The highest BCUT2D eigenvalue weighted by atomic mass is 16.3. The van der Waals surface area contributed by atoms with Crippen LogP contribution in [0, 0.1) is 0 Å². The van der Waals surface area contributed by atoms with Gasteiger partial charge in [-0.1, -0.05) is 30.3 Å². The number of rotatable bonds is 6. The third-order valence-corrected chi connectivity index (χ3v) is 3.77. The van der Waals surface area contributed by atoms with Gasteiger partial charge in [0.25, 0.3) is 0 Å². The van der Waals surface area contributed by atoms with Crippen molar-refractivity contribution in [2.24, 2.45) is 0 Å². The van der Waals surface area contributed by atoms with Crippen LogP contribution in [0.15, 0.2) is 30.3 Å². The number of aliphatic hydroxyl groups is 2. The van der Waals surface area contributed by atoms with E-state index in [-0.39, 0.29) is 13.2 Å². The molecule has 1 aromatic rings. The van der Waals surface area contributed by atoms with E-state index >= 15 is 0 Å². The molecule has 1 fully saturated rings. The molecule has 0 radical (unpaired) electrons. The maximum Gasteiger partial charge on any atom is 0.0633 e. The van der Waals surface area contributed by atoms with Gasteiger partial charge in [0.1, 0.15) is 0 Å². The van der Waals surface area contributed by atoms with Gasteiger partial charge in [0, 0.05) is 25.7 Å². The number of aliphatic hydroxyl groups excluding tert-OH is 2. The molecule has 3 N–H and O–H groups in total. The molecule has 0 aliphatic carbocycles. The first kappa shape index (κ1) is 14.5. The predicted molar refractivity (Wildman–Crippen MR) is 75.8 cm³/mol. The van der Waals surface area contributed by atoms with Crippen LogP contribution in [0.4, 0.5) is 0 Å². The van der Waals surface area contributed by atoms with Crippen molar-refractivity contribution in [2.45, 2.75) is 31.5 Å². The summed E-state index contributed by atoms with van der Waals surface area (Å²) in [7, 11) is 0. The van der Waals surface area contributed by atoms with Gasteiger partial charge >= 0.3 is 0 Å². The number of hydrogen-bond donors (Lipinski definition) is 3. The van der Waals surface area contributed by atoms with Crippen LogP contribution in [0.3, 0.4) is 0 Å². The molecular weight excluding hydrogens is 240 g/mol. The lowest BCUT2D eigenvalue weighted by Crippen LogP contribution is -2.54. The standard InChI is InChI=1S/C15H24N2O2/c1-15(11-18,12-19)16-14-7-8-17(10-14)9-13-5-3-2-4-6-13/h2-6,14,16,18-19H,7-12H2,1H3. The molecule has 0 aromatic heterocycles. The van der Waals surface area contributed by atoms with Crippen molar-refractivity contribution in [3.63, 3.8) is 0 Å². The van der Waals surface area contributed by atoms with Crippen molar-refractivity contribution in [3.05, 3.63) is 35.9 Å². The Kier molecular flexibility index (Phi) is 4.93. The van der Waals surface area contributed by atoms with Crippen molar-refractivity contribution in [3.8, 4) is 0 Å². The summed E-state index contributed by atoms with van der Waals surface area (Å²) in [5.41, 5.74) is 0.753. The van der Waals surface area contributed by atoms with Gasteiger partial charge < -0.3 is 15.5 Å². The fraction of sp³-hybridized carbons (Fsp3) is 0.600. The zero-order chi connectivity index (χ0) is 13.7. The summed E-state index contributed by atoms with van der Waals surface area (Å²) in [5.74, 6) is 0. The van der Waals surface area contributed by atoms with Gasteiger partial charge in [0.05, 0.1) is 18.8 Å². The molecule has 4 heteroatoms. The molecule has 0 spiro atoms. The second kappa shape index (κ2) is 6.48. The monoisotopic (exact) mass is 264 g/mol. The molecule has 106 valence electrons. The maximum absolute atomic E-state index is 9.31. The molecule has 1 atom stereocenters. The van der Waals surface area contributed by atoms with Crippen LogP contribution in [-0.2, 0) is 6.54 Å². The number of likely N-dealkylation sites (tertiary alicyclic amines) is 1. The van der Waals surface area contributed by atoms with Crippen LogP contribution >= 0.6 is 0 Å². The summed E-state index contributed by atoms with van der Waals surface area (Å²) in [6, 6.07) is 10.8. The van der Waals surface area contributed by atoms with Gasteiger partial charge in [0.2, 0.25) is 0 Å². The molecular formula is C15H24N2O2. The second-order valence-electron chi connectivity index (χ2n) is 5.73. The van der Waals surface area contributed by atoms with Gasteiger partial charge in [-0.25, -0.2) is 0 Å². The largest absolute Gasteiger partial charge is 0.394 e. The summed E-state index contributed by atoms with van der Waals surface area (Å²) in [5, 5.41) is 22.0. The molecule has 1 aliphatic rings. The number of hydrogen-bond acceptors (Lipinski definition) is 4. The van der Waals surface area contributed by atoms with Crippen molar-refractivity contribution < 1.29 is 10.2 Å². The molecule has 2 rings (SSSR count). The minimum absolute atomic E-state index is 0.0430. The minimum atomic E-state index is -0.576. The maximum atomic E-state index is 9.31. The van der Waals surface area contributed by atoms with Crippen LogP contribution in [-0.4, -0.2) is 53.0 Å². The first-order chi connectivity index (χ1) is 9.15. The van der Waals surface area contributed by atoms with E-state index in [4.69, 9.17) is 0 Å². The Hall–Kier alpha value is -0.940. The molecule has 1 saturated heterocycles. The topological polar surface area (TPSA) is 55.7 Å². The number of benzene rings is 1. The highest BCUT2D eigenvalue weighted by Gasteiger charge is 2.30. The predicted octanol–water partition coefficient (Wildman–Crippen LogP) is 0.594. The first-order valence-corrected chi connectivity index (χ1v) is 6.91. The lowest BCUT2D eigenvalue weighted by molar-refractivity contribution is 0.0943. The third-order valence-electron chi connectivity index (χ3n) is 3.77. The van der Waals surface area contributed by atoms with Crippen molar-refractivity contribution in [1.29, 1.82) is 0 Å². The molecule has 0 amide bonds. The molecule has 1 aliphatic heterocycles. The van der Waals surface area contributed by atoms with Gasteiger partial charge in [-0.05, 0) is 18.9 Å². The number of nitrogens with one attached hydrogen (secondary N) is 1. The van der Waals surface area contributed by atoms with E-state index in [0.29, 0.717) is 6.04 Å². The zero-order valence-electron chi connectivity index (χ0n) is 11.5. The summed E-state index contributed by atoms with van der Waals surface area (Å²) in [6.45, 7) is 4.75. The van der Waals surface area contributed by atoms with Crippen molar-refractivity contribution >= 4 is 0 Å². The first-order valence-electron chi connectivity index (χ1n) is 6.91. The Morgan fingerprint density at radius 2 is 1.95 bits per heavy atom. The van der Waals surface area contributed by atoms with Gasteiger partial charge in [0.15, 0.2) is 0 Å². The Labute approximate surface area is 115 Å². The van der Waals surface area contributed by atoms with E-state index in [1.54, 1.807) is 0 Å². The quantitative estimate of drug-likeness (QED) is 0.704. The Morgan fingerprint density at radius 1 is 1.26 bits per heavy atom. The average Bonchev–Trinajstić information content (AvgIpc) is 2.87. The summed E-state index contributed by atoms with van der Waals surface area (Å²) in [4.78, 5) is 2.40. The minimum Gasteiger partial charge on any atom is -0.394 e. The SMILES string of the molecule is CC(CO)(CO)NC1CCN(Cc2ccccc2)C1. The smallest absolute Gasteiger partial charge is 0.0633 e. The molecule has 1 heterocycles. The van der Waals surface area contributed by atoms with Gasteiger partial charge in [-0.15, -0.1) is 0 Å². The van der Waals surface area contributed by atoms with E-state index in [9.17, 15) is 10.2 Å². The number of nitrogens with zero attached hydrogens (tertiary/aromatic N) is 1. The van der Waals surface area contributed by atoms with Gasteiger partial charge in [-0.2, -0.15) is 0 Å². The second-order valence-corrected chi connectivity index (χ2v) is 5.73. The molecule has 0 saturated carbocycles. The normalized spacial score (nSPS) is 20.9. The Bertz CT molecular complexity index is 379. The molecule has 0 bridgehead atoms. The van der Waals surface area contributed by atoms with Crippen LogP contribution in [0.2, 0.25) is 0 Å². The molecule has 1 unspecified atom stereocenters. The van der Waals surface area contributed by atoms with Gasteiger partial charge in [-0.3, -0.25) is 4.90 Å². The summed E-state index contributed by atoms with van der Waals surface area (Å²) in [6.07, 6.45) is 1.06. The Morgan fingerprint density at radius 3 is 2.58 bits per heavy atom. The van der Waals surface area contributed by atoms with Crippen LogP contribution in [0.1, 0.15) is 18.9 Å². The van der Waals surface area contributed by atoms with Crippen LogP contribution < -0.4 is 5.32 Å². The van der Waals surface area contributed by atoms with Crippen molar-refractivity contribution in [2.75, 3.05) is 26.3 Å². The molecule has 19 heavy (non-hydrogen) atoms. The average molecular weight is 264 g/mol. The van der Waals surface area contributed by atoms with Crippen molar-refractivity contribution in [1.82, 2.24) is 10.2 Å². The molecule has 1 aromatic carbocycles. The lowest BCUT2D eigenvalue weighted by atomic mass is 10.0. The van der Waals surface area contributed by atoms with Crippen LogP contribution in [0.5, 0.6) is 0 Å². The Balaban J connectivity index is 1.83. The third kappa shape index (κ3) is 4.01. The van der Waals surface area contributed by atoms with E-state index in [2.05, 4.69) is 34.5 Å². The van der Waals surface area contributed by atoms with Crippen LogP contribution in [0.25, 0.3) is 0 Å². The van der Waals surface area contributed by atoms with E-state index < -0.39 is 5.54 Å². The molecule has 4 nitrogen and oxygen atoms in total. The van der Waals surface area contributed by atoms with E-state index in [1.807, 2.05) is 13.0 Å². The highest BCUT2D eigenvalue weighted by Crippen LogP contribution is 2.16. The lowest BCUT2D eigenvalue weighted by Gasteiger charge is -2.30. The summed E-state index contributed by atoms with van der Waals surface area (Å²) < 4.78 is 0. The fourth-order valence-corrected chi connectivity index (χ4v) is 2.57. The summed E-state index contributed by atoms with van der Waals surface area (Å²) >= 11 is 0. The van der Waals surface area contributed by atoms with E-state index in [0.717, 1.165) is 26.1 Å². The zero-order valence-corrected chi connectivity index (χ0v) is 11.5.